The smallest absolute Gasteiger partial charge is 0.244 e. The molecule has 0 unspecified atom stereocenters. The fourth-order valence-electron chi connectivity index (χ4n) is 2.73. The van der Waals surface area contributed by atoms with Crippen LogP contribution in [0.15, 0.2) is 34.9 Å². The molecular formula is C16H20BrN5. The van der Waals surface area contributed by atoms with Crippen LogP contribution in [0.4, 0.5) is 17.5 Å². The summed E-state index contributed by atoms with van der Waals surface area (Å²) in [5.74, 6) is 1.29. The molecule has 0 spiro atoms. The van der Waals surface area contributed by atoms with Crippen molar-refractivity contribution in [2.75, 3.05) is 10.6 Å². The summed E-state index contributed by atoms with van der Waals surface area (Å²) in [6, 6.07) is 8.40. The second-order valence-electron chi connectivity index (χ2n) is 5.60. The predicted molar refractivity (Wildman–Crippen MR) is 92.4 cm³/mol. The Bertz CT molecular complexity index is 611. The number of hydrogen-bond acceptors (Lipinski definition) is 5. The minimum absolute atomic E-state index is 0.461. The fraction of sp³-hybridized carbons (Fsp3) is 0.438. The molecule has 22 heavy (non-hydrogen) atoms. The molecule has 1 aromatic heterocycles. The van der Waals surface area contributed by atoms with Gasteiger partial charge < -0.3 is 10.6 Å². The van der Waals surface area contributed by atoms with E-state index in [0.717, 1.165) is 10.2 Å². The summed E-state index contributed by atoms with van der Waals surface area (Å²) < 4.78 is 0.992. The van der Waals surface area contributed by atoms with Crippen molar-refractivity contribution in [1.29, 1.82) is 0 Å². The number of para-hydroxylation sites is 1. The van der Waals surface area contributed by atoms with Crippen molar-refractivity contribution in [3.63, 3.8) is 0 Å². The number of hydrogen-bond donors (Lipinski definition) is 2. The largest absolute Gasteiger partial charge is 0.350 e. The number of anilines is 3. The third-order valence-corrected chi connectivity index (χ3v) is 4.58. The molecule has 0 amide bonds. The minimum atomic E-state index is 0.461. The summed E-state index contributed by atoms with van der Waals surface area (Å²) in [6.07, 6.45) is 9.23. The van der Waals surface area contributed by atoms with Crippen molar-refractivity contribution in [3.8, 4) is 0 Å². The maximum Gasteiger partial charge on any atom is 0.244 e. The maximum absolute atomic E-state index is 4.52. The minimum Gasteiger partial charge on any atom is -0.350 e. The molecular weight excluding hydrogens is 342 g/mol. The summed E-state index contributed by atoms with van der Waals surface area (Å²) in [7, 11) is 0. The molecule has 2 aromatic rings. The SMILES string of the molecule is Brc1ccccc1Nc1cnnc(NC2CCCCCC2)n1. The molecule has 3 rings (SSSR count). The van der Waals surface area contributed by atoms with Crippen LogP contribution in [0.25, 0.3) is 0 Å². The van der Waals surface area contributed by atoms with Crippen LogP contribution in [0.1, 0.15) is 38.5 Å². The van der Waals surface area contributed by atoms with E-state index in [1.54, 1.807) is 6.20 Å². The molecule has 1 aliphatic rings. The third kappa shape index (κ3) is 4.16. The van der Waals surface area contributed by atoms with Crippen LogP contribution >= 0.6 is 15.9 Å². The lowest BCUT2D eigenvalue weighted by atomic mass is 10.1. The first-order chi connectivity index (χ1) is 10.8. The Balaban J connectivity index is 1.68. The van der Waals surface area contributed by atoms with Gasteiger partial charge in [-0.1, -0.05) is 37.8 Å². The fourth-order valence-corrected chi connectivity index (χ4v) is 3.12. The van der Waals surface area contributed by atoms with Gasteiger partial charge in [0.05, 0.1) is 11.9 Å². The van der Waals surface area contributed by atoms with Crippen molar-refractivity contribution in [3.05, 3.63) is 34.9 Å². The molecule has 0 atom stereocenters. The van der Waals surface area contributed by atoms with Crippen molar-refractivity contribution >= 4 is 33.4 Å². The normalized spacial score (nSPS) is 16.0. The monoisotopic (exact) mass is 361 g/mol. The van der Waals surface area contributed by atoms with Gasteiger partial charge in [-0.15, -0.1) is 5.10 Å². The molecule has 1 aromatic carbocycles. The highest BCUT2D eigenvalue weighted by atomic mass is 79.9. The van der Waals surface area contributed by atoms with Crippen molar-refractivity contribution in [1.82, 2.24) is 15.2 Å². The highest BCUT2D eigenvalue weighted by Gasteiger charge is 2.13. The summed E-state index contributed by atoms with van der Waals surface area (Å²) in [5, 5.41) is 14.8. The number of nitrogens with zero attached hydrogens (tertiary/aromatic N) is 3. The molecule has 0 radical (unpaired) electrons. The van der Waals surface area contributed by atoms with Gasteiger partial charge in [0, 0.05) is 10.5 Å². The van der Waals surface area contributed by atoms with Crippen LogP contribution in [-0.4, -0.2) is 21.2 Å². The van der Waals surface area contributed by atoms with Crippen molar-refractivity contribution in [2.24, 2.45) is 0 Å². The molecule has 1 aliphatic carbocycles. The standard InChI is InChI=1S/C16H20BrN5/c17-13-9-5-6-10-14(13)20-15-11-18-22-16(21-15)19-12-7-3-1-2-4-8-12/h5-6,9-12H,1-4,7-8H2,(H2,19,20,21,22). The Labute approximate surface area is 139 Å². The van der Waals surface area contributed by atoms with E-state index in [-0.39, 0.29) is 0 Å². The highest BCUT2D eigenvalue weighted by molar-refractivity contribution is 9.10. The first kappa shape index (κ1) is 15.2. The molecule has 1 heterocycles. The van der Waals surface area contributed by atoms with E-state index in [1.807, 2.05) is 24.3 Å². The zero-order valence-corrected chi connectivity index (χ0v) is 14.0. The Kier molecular flexibility index (Phi) is 5.21. The molecule has 0 saturated heterocycles. The first-order valence-electron chi connectivity index (χ1n) is 7.79. The summed E-state index contributed by atoms with van der Waals surface area (Å²) >= 11 is 3.52. The number of aromatic nitrogens is 3. The summed E-state index contributed by atoms with van der Waals surface area (Å²) in [5.41, 5.74) is 0.961. The van der Waals surface area contributed by atoms with E-state index < -0.39 is 0 Å². The van der Waals surface area contributed by atoms with Crippen LogP contribution < -0.4 is 10.6 Å². The second kappa shape index (κ2) is 7.54. The number of nitrogens with one attached hydrogen (secondary N) is 2. The van der Waals surface area contributed by atoms with E-state index >= 15 is 0 Å². The van der Waals surface area contributed by atoms with Gasteiger partial charge in [-0.25, -0.2) is 0 Å². The second-order valence-corrected chi connectivity index (χ2v) is 6.46. The van der Waals surface area contributed by atoms with Gasteiger partial charge in [0.25, 0.3) is 0 Å². The van der Waals surface area contributed by atoms with E-state index in [1.165, 1.54) is 38.5 Å². The average molecular weight is 362 g/mol. The van der Waals surface area contributed by atoms with Gasteiger partial charge >= 0.3 is 0 Å². The quantitative estimate of drug-likeness (QED) is 0.784. The lowest BCUT2D eigenvalue weighted by molar-refractivity contribution is 0.613. The highest BCUT2D eigenvalue weighted by Crippen LogP contribution is 2.25. The third-order valence-electron chi connectivity index (χ3n) is 3.88. The molecule has 1 saturated carbocycles. The van der Waals surface area contributed by atoms with Crippen LogP contribution in [0.5, 0.6) is 0 Å². The Morgan fingerprint density at radius 1 is 1.05 bits per heavy atom. The number of halogens is 1. The van der Waals surface area contributed by atoms with Crippen molar-refractivity contribution in [2.45, 2.75) is 44.6 Å². The van der Waals surface area contributed by atoms with Gasteiger partial charge in [-0.2, -0.15) is 10.1 Å². The Morgan fingerprint density at radius 2 is 1.82 bits per heavy atom. The van der Waals surface area contributed by atoms with E-state index in [9.17, 15) is 0 Å². The molecule has 116 valence electrons. The molecule has 0 bridgehead atoms. The van der Waals surface area contributed by atoms with Crippen LogP contribution in [0.3, 0.4) is 0 Å². The maximum atomic E-state index is 4.52. The van der Waals surface area contributed by atoms with Gasteiger partial charge in [-0.05, 0) is 40.9 Å². The van der Waals surface area contributed by atoms with Gasteiger partial charge in [0.2, 0.25) is 5.95 Å². The zero-order chi connectivity index (χ0) is 15.2. The van der Waals surface area contributed by atoms with Gasteiger partial charge in [-0.3, -0.25) is 0 Å². The molecule has 5 nitrogen and oxygen atoms in total. The zero-order valence-electron chi connectivity index (χ0n) is 12.4. The van der Waals surface area contributed by atoms with E-state index in [0.29, 0.717) is 17.8 Å². The Morgan fingerprint density at radius 3 is 2.59 bits per heavy atom. The molecule has 0 aliphatic heterocycles. The summed E-state index contributed by atoms with van der Waals surface area (Å²) in [4.78, 5) is 4.52. The van der Waals surface area contributed by atoms with Crippen molar-refractivity contribution < 1.29 is 0 Å². The average Bonchev–Trinajstić information content (AvgIpc) is 2.79. The number of benzene rings is 1. The Hall–Kier alpha value is -1.69. The summed E-state index contributed by atoms with van der Waals surface area (Å²) in [6.45, 7) is 0. The topological polar surface area (TPSA) is 62.7 Å². The molecule has 2 N–H and O–H groups in total. The van der Waals surface area contributed by atoms with Crippen LogP contribution in [0, 0.1) is 0 Å². The molecule has 6 heteroatoms. The van der Waals surface area contributed by atoms with Crippen LogP contribution in [-0.2, 0) is 0 Å². The van der Waals surface area contributed by atoms with Crippen LogP contribution in [0.2, 0.25) is 0 Å². The lowest BCUT2D eigenvalue weighted by Crippen LogP contribution is -2.20. The van der Waals surface area contributed by atoms with Gasteiger partial charge in [0.15, 0.2) is 5.82 Å². The first-order valence-corrected chi connectivity index (χ1v) is 8.58. The molecule has 1 fully saturated rings. The van der Waals surface area contributed by atoms with E-state index in [2.05, 4.69) is 41.7 Å². The van der Waals surface area contributed by atoms with E-state index in [4.69, 9.17) is 0 Å². The van der Waals surface area contributed by atoms with Gasteiger partial charge in [0.1, 0.15) is 0 Å². The predicted octanol–water partition coefficient (Wildman–Crippen LogP) is 4.51. The number of rotatable bonds is 4. The lowest BCUT2D eigenvalue weighted by Gasteiger charge is -2.16.